The van der Waals surface area contributed by atoms with Gasteiger partial charge in [-0.2, -0.15) is 22.5 Å². The van der Waals surface area contributed by atoms with Gasteiger partial charge in [0.25, 0.3) is 0 Å². The first-order chi connectivity index (χ1) is 7.86. The van der Waals surface area contributed by atoms with Gasteiger partial charge in [0.1, 0.15) is 11.8 Å². The molecule has 1 atom stereocenters. The molecule has 3 nitrogen and oxygen atoms in total. The van der Waals surface area contributed by atoms with Gasteiger partial charge in [0.15, 0.2) is 0 Å². The van der Waals surface area contributed by atoms with Crippen molar-refractivity contribution in [2.75, 3.05) is 0 Å². The largest absolute Gasteiger partial charge is 0.461 e. The van der Waals surface area contributed by atoms with Crippen LogP contribution in [0.3, 0.4) is 0 Å². The minimum absolute atomic E-state index is 0.308. The second-order valence-electron chi connectivity index (χ2n) is 3.32. The van der Waals surface area contributed by atoms with Crippen LogP contribution >= 0.6 is 0 Å². The van der Waals surface area contributed by atoms with Gasteiger partial charge >= 0.3 is 12.5 Å². The lowest BCUT2D eigenvalue weighted by Gasteiger charge is -2.17. The lowest BCUT2D eigenvalue weighted by molar-refractivity contribution is -0.253. The molecule has 0 aliphatic heterocycles. The molecule has 7 heteroatoms. The van der Waals surface area contributed by atoms with Gasteiger partial charge in [-0.25, -0.2) is 0 Å². The molecule has 0 saturated carbocycles. The van der Waals surface area contributed by atoms with Crippen molar-refractivity contribution in [2.45, 2.75) is 25.5 Å². The van der Waals surface area contributed by atoms with Gasteiger partial charge in [-0.3, -0.25) is 0 Å². The molecule has 94 valence electrons. The second kappa shape index (κ2) is 5.11. The molecule has 0 amide bonds. The summed E-state index contributed by atoms with van der Waals surface area (Å²) >= 11 is 0. The number of alkyl halides is 4. The molecule has 0 spiro atoms. The molecule has 0 fully saturated rings. The van der Waals surface area contributed by atoms with Crippen molar-refractivity contribution in [3.8, 4) is 5.75 Å². The van der Waals surface area contributed by atoms with Crippen LogP contribution in [0, 0.1) is 4.91 Å². The topological polar surface area (TPSA) is 38.7 Å². The summed E-state index contributed by atoms with van der Waals surface area (Å²) < 4.78 is 52.8. The number of ether oxygens (including phenoxy) is 1. The van der Waals surface area contributed by atoms with Crippen molar-refractivity contribution in [1.82, 2.24) is 0 Å². The van der Waals surface area contributed by atoms with Crippen LogP contribution in [0.2, 0.25) is 0 Å². The SMILES string of the molecule is CC(N=O)c1cccc(OC(F)(F)C(F)F)c1. The van der Waals surface area contributed by atoms with E-state index in [9.17, 15) is 22.5 Å². The Bertz CT molecular complexity index is 398. The van der Waals surface area contributed by atoms with E-state index in [0.717, 1.165) is 12.1 Å². The van der Waals surface area contributed by atoms with E-state index in [-0.39, 0.29) is 0 Å². The molecule has 0 heterocycles. The predicted molar refractivity (Wildman–Crippen MR) is 52.2 cm³/mol. The number of benzene rings is 1. The van der Waals surface area contributed by atoms with Crippen molar-refractivity contribution >= 4 is 0 Å². The Labute approximate surface area is 94.4 Å². The second-order valence-corrected chi connectivity index (χ2v) is 3.32. The third-order valence-corrected chi connectivity index (χ3v) is 2.01. The maximum absolute atomic E-state index is 12.6. The Kier molecular flexibility index (Phi) is 4.03. The van der Waals surface area contributed by atoms with E-state index >= 15 is 0 Å². The van der Waals surface area contributed by atoms with Crippen LogP contribution in [-0.4, -0.2) is 12.5 Å². The quantitative estimate of drug-likeness (QED) is 0.590. The number of hydrogen-bond donors (Lipinski definition) is 0. The summed E-state index contributed by atoms with van der Waals surface area (Å²) in [7, 11) is 0. The molecular weight excluding hydrogens is 242 g/mol. The van der Waals surface area contributed by atoms with Crippen LogP contribution in [0.5, 0.6) is 5.75 Å². The molecule has 0 aliphatic rings. The summed E-state index contributed by atoms with van der Waals surface area (Å²) in [5, 5.41) is 2.69. The van der Waals surface area contributed by atoms with Gasteiger partial charge in [0.05, 0.1) is 0 Å². The summed E-state index contributed by atoms with van der Waals surface area (Å²) in [5.41, 5.74) is 0.308. The van der Waals surface area contributed by atoms with Crippen molar-refractivity contribution in [3.05, 3.63) is 34.7 Å². The fraction of sp³-hybridized carbons (Fsp3) is 0.400. The Balaban J connectivity index is 2.89. The monoisotopic (exact) mass is 251 g/mol. The zero-order chi connectivity index (χ0) is 13.1. The predicted octanol–water partition coefficient (Wildman–Crippen LogP) is 3.75. The van der Waals surface area contributed by atoms with Gasteiger partial charge in [-0.15, -0.1) is 0 Å². The van der Waals surface area contributed by atoms with E-state index in [2.05, 4.69) is 9.91 Å². The van der Waals surface area contributed by atoms with E-state index in [1.54, 1.807) is 0 Å². The summed E-state index contributed by atoms with van der Waals surface area (Å²) in [6.07, 6.45) is -8.48. The highest BCUT2D eigenvalue weighted by molar-refractivity contribution is 5.30. The number of hydrogen-bond acceptors (Lipinski definition) is 3. The Morgan fingerprint density at radius 2 is 2.00 bits per heavy atom. The fourth-order valence-corrected chi connectivity index (χ4v) is 1.10. The van der Waals surface area contributed by atoms with Crippen molar-refractivity contribution < 1.29 is 22.3 Å². The number of halogens is 4. The highest BCUT2D eigenvalue weighted by atomic mass is 19.3. The summed E-state index contributed by atoms with van der Waals surface area (Å²) in [6.45, 7) is 1.44. The number of nitroso groups, excluding NO2 is 1. The van der Waals surface area contributed by atoms with Gasteiger partial charge in [0.2, 0.25) is 0 Å². The molecule has 0 saturated heterocycles. The first kappa shape index (κ1) is 13.4. The molecule has 0 N–H and O–H groups in total. The van der Waals surface area contributed by atoms with Crippen LogP contribution in [0.4, 0.5) is 17.6 Å². The zero-order valence-corrected chi connectivity index (χ0v) is 8.74. The average Bonchev–Trinajstić information content (AvgIpc) is 2.27. The van der Waals surface area contributed by atoms with Crippen LogP contribution < -0.4 is 4.74 Å². The molecule has 0 bridgehead atoms. The van der Waals surface area contributed by atoms with Crippen LogP contribution in [-0.2, 0) is 0 Å². The maximum atomic E-state index is 12.6. The van der Waals surface area contributed by atoms with Crippen molar-refractivity contribution in [2.24, 2.45) is 5.18 Å². The minimum atomic E-state index is -4.56. The Hall–Kier alpha value is -1.66. The smallest absolute Gasteiger partial charge is 0.428 e. The first-order valence-corrected chi connectivity index (χ1v) is 4.64. The molecule has 1 aromatic rings. The van der Waals surface area contributed by atoms with Crippen molar-refractivity contribution in [3.63, 3.8) is 0 Å². The highest BCUT2D eigenvalue weighted by Crippen LogP contribution is 2.29. The molecule has 17 heavy (non-hydrogen) atoms. The lowest BCUT2D eigenvalue weighted by atomic mass is 10.1. The van der Waals surface area contributed by atoms with E-state index in [1.165, 1.54) is 19.1 Å². The van der Waals surface area contributed by atoms with Crippen molar-refractivity contribution in [1.29, 1.82) is 0 Å². The molecule has 0 aromatic heterocycles. The van der Waals surface area contributed by atoms with Crippen LogP contribution in [0.15, 0.2) is 29.4 Å². The lowest BCUT2D eigenvalue weighted by Crippen LogP contribution is -2.33. The third-order valence-electron chi connectivity index (χ3n) is 2.01. The summed E-state index contributed by atoms with van der Waals surface area (Å²) in [4.78, 5) is 10.3. The van der Waals surface area contributed by atoms with E-state index in [4.69, 9.17) is 0 Å². The van der Waals surface area contributed by atoms with Crippen LogP contribution in [0.25, 0.3) is 0 Å². The molecule has 0 radical (unpaired) electrons. The molecule has 1 rings (SSSR count). The van der Waals surface area contributed by atoms with Gasteiger partial charge in [0, 0.05) is 0 Å². The summed E-state index contributed by atoms with van der Waals surface area (Å²) in [6, 6.07) is 4.17. The standard InChI is InChI=1S/C10H9F4NO2/c1-6(15-16)7-3-2-4-8(5-7)17-10(13,14)9(11)12/h2-6,9H,1H3. The Morgan fingerprint density at radius 1 is 1.35 bits per heavy atom. The molecule has 1 aromatic carbocycles. The molecule has 1 unspecified atom stereocenters. The molecule has 0 aliphatic carbocycles. The van der Waals surface area contributed by atoms with Gasteiger partial charge in [-0.1, -0.05) is 17.3 Å². The van der Waals surface area contributed by atoms with E-state index < -0.39 is 24.3 Å². The van der Waals surface area contributed by atoms with Gasteiger partial charge in [-0.05, 0) is 24.6 Å². The minimum Gasteiger partial charge on any atom is -0.428 e. The number of nitrogens with zero attached hydrogens (tertiary/aromatic N) is 1. The van der Waals surface area contributed by atoms with E-state index in [1.807, 2.05) is 0 Å². The normalized spacial score (nSPS) is 13.5. The maximum Gasteiger partial charge on any atom is 0.461 e. The molecular formula is C10H9F4NO2. The zero-order valence-electron chi connectivity index (χ0n) is 8.74. The average molecular weight is 251 g/mol. The number of rotatable bonds is 5. The van der Waals surface area contributed by atoms with E-state index in [0.29, 0.717) is 5.56 Å². The van der Waals surface area contributed by atoms with Gasteiger partial charge < -0.3 is 4.74 Å². The fourth-order valence-electron chi connectivity index (χ4n) is 1.10. The Morgan fingerprint density at radius 3 is 2.53 bits per heavy atom. The highest BCUT2D eigenvalue weighted by Gasteiger charge is 2.43. The summed E-state index contributed by atoms with van der Waals surface area (Å²) in [5.74, 6) is -0.441. The third kappa shape index (κ3) is 3.40. The first-order valence-electron chi connectivity index (χ1n) is 4.64. The van der Waals surface area contributed by atoms with Crippen LogP contribution in [0.1, 0.15) is 18.5 Å².